The zero-order valence-corrected chi connectivity index (χ0v) is 12.0. The molecule has 1 aliphatic heterocycles. The molecular formula is C12H20N4O2S. The Bertz CT molecular complexity index is 559. The van der Waals surface area contributed by atoms with E-state index in [9.17, 15) is 8.42 Å². The van der Waals surface area contributed by atoms with Gasteiger partial charge in [0.1, 0.15) is 4.90 Å². The molecule has 0 saturated carbocycles. The smallest absolute Gasteiger partial charge is 0.242 e. The third-order valence-electron chi connectivity index (χ3n) is 3.31. The molecule has 1 heterocycles. The molecule has 0 radical (unpaired) electrons. The van der Waals surface area contributed by atoms with E-state index in [-0.39, 0.29) is 10.9 Å². The number of rotatable bonds is 4. The highest BCUT2D eigenvalue weighted by Crippen LogP contribution is 2.25. The molecule has 1 saturated heterocycles. The summed E-state index contributed by atoms with van der Waals surface area (Å²) in [7, 11) is -0.0666. The van der Waals surface area contributed by atoms with Gasteiger partial charge in [0, 0.05) is 18.3 Å². The van der Waals surface area contributed by atoms with Gasteiger partial charge in [-0.05, 0) is 45.3 Å². The van der Waals surface area contributed by atoms with Gasteiger partial charge in [0.25, 0.3) is 0 Å². The maximum Gasteiger partial charge on any atom is 0.242 e. The summed E-state index contributed by atoms with van der Waals surface area (Å²) < 4.78 is 26.3. The van der Waals surface area contributed by atoms with E-state index in [1.54, 1.807) is 12.1 Å². The summed E-state index contributed by atoms with van der Waals surface area (Å²) in [5.74, 6) is 0. The molecule has 1 aromatic rings. The van der Waals surface area contributed by atoms with Gasteiger partial charge in [-0.3, -0.25) is 0 Å². The maximum absolute atomic E-state index is 12.0. The highest BCUT2D eigenvalue weighted by molar-refractivity contribution is 7.89. The van der Waals surface area contributed by atoms with Crippen LogP contribution in [-0.4, -0.2) is 46.5 Å². The summed E-state index contributed by atoms with van der Waals surface area (Å²) in [4.78, 5) is 2.41. The van der Waals surface area contributed by atoms with Gasteiger partial charge in [-0.1, -0.05) is 0 Å². The van der Waals surface area contributed by atoms with Crippen molar-refractivity contribution in [3.8, 4) is 0 Å². The molecule has 0 bridgehead atoms. The van der Waals surface area contributed by atoms with E-state index in [1.807, 2.05) is 0 Å². The molecule has 0 aliphatic carbocycles. The highest BCUT2D eigenvalue weighted by Gasteiger charge is 2.23. The number of nitrogens with two attached hydrogens (primary N) is 1. The number of nitrogens with zero attached hydrogens (tertiary/aromatic N) is 1. The van der Waals surface area contributed by atoms with E-state index in [2.05, 4.69) is 22.0 Å². The minimum Gasteiger partial charge on any atom is -0.399 e. The van der Waals surface area contributed by atoms with Gasteiger partial charge in [0.2, 0.25) is 10.0 Å². The van der Waals surface area contributed by atoms with Crippen LogP contribution in [0.1, 0.15) is 6.42 Å². The van der Waals surface area contributed by atoms with Crippen molar-refractivity contribution in [1.82, 2.24) is 9.62 Å². The molecule has 0 aromatic heterocycles. The Labute approximate surface area is 114 Å². The van der Waals surface area contributed by atoms with Gasteiger partial charge in [0.15, 0.2) is 0 Å². The van der Waals surface area contributed by atoms with Crippen molar-refractivity contribution in [1.29, 1.82) is 0 Å². The molecule has 2 rings (SSSR count). The summed E-state index contributed by atoms with van der Waals surface area (Å²) in [5, 5.41) is 3.29. The fraction of sp³-hybridized carbons (Fsp3) is 0.500. The molecule has 1 aromatic carbocycles. The molecule has 6 nitrogen and oxygen atoms in total. The number of anilines is 2. The van der Waals surface area contributed by atoms with Gasteiger partial charge in [-0.2, -0.15) is 0 Å². The van der Waals surface area contributed by atoms with Crippen LogP contribution in [-0.2, 0) is 10.0 Å². The molecular weight excluding hydrogens is 264 g/mol. The van der Waals surface area contributed by atoms with E-state index in [1.165, 1.54) is 13.1 Å². The second kappa shape index (κ2) is 5.36. The summed E-state index contributed by atoms with van der Waals surface area (Å²) in [6.45, 7) is 1.92. The Hall–Kier alpha value is -1.31. The van der Waals surface area contributed by atoms with Crippen LogP contribution >= 0.6 is 0 Å². The number of hydrogen-bond donors (Lipinski definition) is 3. The zero-order chi connectivity index (χ0) is 14.0. The fourth-order valence-electron chi connectivity index (χ4n) is 2.26. The van der Waals surface area contributed by atoms with E-state index >= 15 is 0 Å². The lowest BCUT2D eigenvalue weighted by Gasteiger charge is -2.17. The Morgan fingerprint density at radius 1 is 1.42 bits per heavy atom. The lowest BCUT2D eigenvalue weighted by molar-refractivity contribution is 0.414. The number of nitrogen functional groups attached to an aromatic ring is 1. The van der Waals surface area contributed by atoms with E-state index in [0.717, 1.165) is 19.5 Å². The first-order chi connectivity index (χ1) is 8.92. The summed E-state index contributed by atoms with van der Waals surface area (Å²) in [5.41, 5.74) is 6.71. The second-order valence-corrected chi connectivity index (χ2v) is 6.71. The van der Waals surface area contributed by atoms with Crippen molar-refractivity contribution in [2.45, 2.75) is 17.4 Å². The van der Waals surface area contributed by atoms with Crippen molar-refractivity contribution in [2.75, 3.05) is 38.2 Å². The van der Waals surface area contributed by atoms with Gasteiger partial charge in [0.05, 0.1) is 5.69 Å². The zero-order valence-electron chi connectivity index (χ0n) is 11.2. The van der Waals surface area contributed by atoms with E-state index in [0.29, 0.717) is 11.4 Å². The first kappa shape index (κ1) is 14.1. The summed E-state index contributed by atoms with van der Waals surface area (Å²) in [6, 6.07) is 5.17. The quantitative estimate of drug-likeness (QED) is 0.692. The molecule has 7 heteroatoms. The number of nitrogens with one attached hydrogen (secondary N) is 2. The molecule has 1 fully saturated rings. The summed E-state index contributed by atoms with van der Waals surface area (Å²) in [6.07, 6.45) is 1.000. The van der Waals surface area contributed by atoms with Crippen LogP contribution in [0, 0.1) is 0 Å². The van der Waals surface area contributed by atoms with E-state index < -0.39 is 10.0 Å². The predicted molar refractivity (Wildman–Crippen MR) is 76.6 cm³/mol. The fourth-order valence-corrected chi connectivity index (χ4v) is 3.19. The molecule has 19 heavy (non-hydrogen) atoms. The number of hydrogen-bond acceptors (Lipinski definition) is 5. The Morgan fingerprint density at radius 3 is 2.74 bits per heavy atom. The Balaban J connectivity index is 2.30. The first-order valence-corrected chi connectivity index (χ1v) is 7.69. The van der Waals surface area contributed by atoms with Gasteiger partial charge < -0.3 is 16.0 Å². The van der Waals surface area contributed by atoms with Crippen molar-refractivity contribution in [3.05, 3.63) is 18.2 Å². The number of sulfonamides is 1. The van der Waals surface area contributed by atoms with Gasteiger partial charge in [-0.25, -0.2) is 13.1 Å². The second-order valence-electron chi connectivity index (χ2n) is 4.86. The molecule has 0 amide bonds. The minimum absolute atomic E-state index is 0.199. The monoisotopic (exact) mass is 284 g/mol. The largest absolute Gasteiger partial charge is 0.399 e. The van der Waals surface area contributed by atoms with Crippen LogP contribution in [0.4, 0.5) is 11.4 Å². The molecule has 1 unspecified atom stereocenters. The summed E-state index contributed by atoms with van der Waals surface area (Å²) >= 11 is 0. The molecule has 1 aliphatic rings. The third-order valence-corrected chi connectivity index (χ3v) is 4.77. The first-order valence-electron chi connectivity index (χ1n) is 6.20. The van der Waals surface area contributed by atoms with Crippen LogP contribution in [0.25, 0.3) is 0 Å². The van der Waals surface area contributed by atoms with Crippen LogP contribution < -0.4 is 15.8 Å². The standard InChI is InChI=1S/C12H20N4O2S/c1-14-19(17,18)12-7-9(13)3-4-11(12)15-10-5-6-16(2)8-10/h3-4,7,10,14-15H,5-6,8,13H2,1-2H3. The molecule has 1 atom stereocenters. The number of likely N-dealkylation sites (tertiary alicyclic amines) is 1. The lowest BCUT2D eigenvalue weighted by atomic mass is 10.2. The third kappa shape index (κ3) is 3.17. The topological polar surface area (TPSA) is 87.5 Å². The van der Waals surface area contributed by atoms with Crippen molar-refractivity contribution < 1.29 is 8.42 Å². The van der Waals surface area contributed by atoms with Crippen molar-refractivity contribution in [3.63, 3.8) is 0 Å². The Kier molecular flexibility index (Phi) is 3.98. The molecule has 106 valence electrons. The average Bonchev–Trinajstić information content (AvgIpc) is 2.77. The normalized spacial score (nSPS) is 20.6. The van der Waals surface area contributed by atoms with Gasteiger partial charge >= 0.3 is 0 Å². The van der Waals surface area contributed by atoms with Gasteiger partial charge in [-0.15, -0.1) is 0 Å². The Morgan fingerprint density at radius 2 is 2.16 bits per heavy atom. The maximum atomic E-state index is 12.0. The van der Waals surface area contributed by atoms with Crippen LogP contribution in [0.15, 0.2) is 23.1 Å². The highest BCUT2D eigenvalue weighted by atomic mass is 32.2. The van der Waals surface area contributed by atoms with Crippen LogP contribution in [0.3, 0.4) is 0 Å². The SMILES string of the molecule is CNS(=O)(=O)c1cc(N)ccc1NC1CCN(C)C1. The average molecular weight is 284 g/mol. The van der Waals surface area contributed by atoms with Crippen LogP contribution in [0.2, 0.25) is 0 Å². The number of likely N-dealkylation sites (N-methyl/N-ethyl adjacent to an activating group) is 1. The van der Waals surface area contributed by atoms with E-state index in [4.69, 9.17) is 5.73 Å². The molecule has 0 spiro atoms. The van der Waals surface area contributed by atoms with Crippen molar-refractivity contribution >= 4 is 21.4 Å². The number of benzene rings is 1. The lowest BCUT2D eigenvalue weighted by Crippen LogP contribution is -2.26. The van der Waals surface area contributed by atoms with Crippen LogP contribution in [0.5, 0.6) is 0 Å². The predicted octanol–water partition coefficient (Wildman–Crippen LogP) is 0.293. The minimum atomic E-state index is -3.51. The molecule has 4 N–H and O–H groups in total. The van der Waals surface area contributed by atoms with Crippen molar-refractivity contribution in [2.24, 2.45) is 0 Å².